The number of rotatable bonds is 4. The lowest BCUT2D eigenvalue weighted by molar-refractivity contribution is -0.139. The molecule has 0 spiro atoms. The molecule has 0 aliphatic carbocycles. The van der Waals surface area contributed by atoms with Crippen LogP contribution in [0.4, 0.5) is 13.2 Å². The number of hydrogen-bond donors (Lipinski definition) is 1. The minimum Gasteiger partial charge on any atom is -0.395 e. The van der Waals surface area contributed by atoms with Crippen LogP contribution < -0.4 is 0 Å². The highest BCUT2D eigenvalue weighted by Crippen LogP contribution is 2.37. The minimum atomic E-state index is -4.84. The third-order valence-electron chi connectivity index (χ3n) is 3.14. The molecule has 124 valence electrons. The highest BCUT2D eigenvalue weighted by Gasteiger charge is 2.37. The summed E-state index contributed by atoms with van der Waals surface area (Å²) in [7, 11) is -4.23. The van der Waals surface area contributed by atoms with E-state index in [-0.39, 0.29) is 5.56 Å². The molecule has 2 aromatic carbocycles. The third kappa shape index (κ3) is 4.04. The van der Waals surface area contributed by atoms with Crippen LogP contribution >= 0.6 is 11.6 Å². The number of halogens is 4. The maximum absolute atomic E-state index is 13.2. The van der Waals surface area contributed by atoms with Crippen molar-refractivity contribution in [3.63, 3.8) is 0 Å². The van der Waals surface area contributed by atoms with Gasteiger partial charge >= 0.3 is 6.18 Å². The number of alkyl halides is 3. The van der Waals surface area contributed by atoms with Gasteiger partial charge in [0.2, 0.25) is 0 Å². The summed E-state index contributed by atoms with van der Waals surface area (Å²) in [4.78, 5) is -0.843. The van der Waals surface area contributed by atoms with Crippen LogP contribution in [0.5, 0.6) is 0 Å². The van der Waals surface area contributed by atoms with Crippen molar-refractivity contribution in [3.8, 4) is 11.1 Å². The van der Waals surface area contributed by atoms with Gasteiger partial charge in [0.15, 0.2) is 9.84 Å². The lowest BCUT2D eigenvalue weighted by Gasteiger charge is -2.15. The quantitative estimate of drug-likeness (QED) is 0.898. The Morgan fingerprint density at radius 3 is 2.26 bits per heavy atom. The van der Waals surface area contributed by atoms with Crippen molar-refractivity contribution in [1.82, 2.24) is 0 Å². The van der Waals surface area contributed by atoms with E-state index in [2.05, 4.69) is 0 Å². The second-order valence-corrected chi connectivity index (χ2v) is 7.28. The molecule has 2 rings (SSSR count). The van der Waals surface area contributed by atoms with E-state index in [1.54, 1.807) is 18.2 Å². The molecule has 1 N–H and O–H groups in total. The average molecular weight is 365 g/mol. The largest absolute Gasteiger partial charge is 0.417 e. The lowest BCUT2D eigenvalue weighted by atomic mass is 10.0. The van der Waals surface area contributed by atoms with Gasteiger partial charge in [0.25, 0.3) is 0 Å². The minimum absolute atomic E-state index is 0.197. The Bertz CT molecular complexity index is 817. The van der Waals surface area contributed by atoms with E-state index in [1.807, 2.05) is 0 Å². The molecule has 0 aliphatic rings. The summed E-state index contributed by atoms with van der Waals surface area (Å²) in [6, 6.07) is 9.19. The number of sulfone groups is 1. The van der Waals surface area contributed by atoms with Gasteiger partial charge in [0.1, 0.15) is 0 Å². The first kappa shape index (κ1) is 17.8. The molecule has 0 saturated carbocycles. The molecule has 8 heteroatoms. The van der Waals surface area contributed by atoms with Crippen LogP contribution in [0.25, 0.3) is 11.1 Å². The molecule has 0 aliphatic heterocycles. The molecule has 0 aromatic heterocycles. The molecule has 2 aromatic rings. The zero-order chi connectivity index (χ0) is 17.3. The Hall–Kier alpha value is -1.57. The van der Waals surface area contributed by atoms with Crippen molar-refractivity contribution in [1.29, 1.82) is 0 Å². The second kappa shape index (κ2) is 6.51. The normalized spacial score (nSPS) is 12.4. The molecule has 0 heterocycles. The molecule has 0 atom stereocenters. The lowest BCUT2D eigenvalue weighted by Crippen LogP contribution is -2.17. The van der Waals surface area contributed by atoms with Crippen LogP contribution in [0.2, 0.25) is 5.02 Å². The third-order valence-corrected chi connectivity index (χ3v) is 5.12. The van der Waals surface area contributed by atoms with Crippen LogP contribution in [0.15, 0.2) is 47.4 Å². The molecule has 0 saturated heterocycles. The monoisotopic (exact) mass is 364 g/mol. The SMILES string of the molecule is O=S(=O)(CCO)c1ccc(-c2cccc(Cl)c2)cc1C(F)(F)F. The van der Waals surface area contributed by atoms with E-state index in [9.17, 15) is 21.6 Å². The Kier molecular flexibility index (Phi) is 5.03. The van der Waals surface area contributed by atoms with Crippen molar-refractivity contribution in [2.24, 2.45) is 0 Å². The van der Waals surface area contributed by atoms with Crippen LogP contribution in [0.3, 0.4) is 0 Å². The van der Waals surface area contributed by atoms with E-state index >= 15 is 0 Å². The molecular weight excluding hydrogens is 353 g/mol. The van der Waals surface area contributed by atoms with Crippen molar-refractivity contribution in [2.45, 2.75) is 11.1 Å². The molecule has 0 unspecified atom stereocenters. The smallest absolute Gasteiger partial charge is 0.395 e. The fraction of sp³-hybridized carbons (Fsp3) is 0.200. The fourth-order valence-corrected chi connectivity index (χ4v) is 3.54. The molecular formula is C15H12ClF3O3S. The fourth-order valence-electron chi connectivity index (χ4n) is 2.10. The van der Waals surface area contributed by atoms with Gasteiger partial charge in [-0.15, -0.1) is 0 Å². The number of aliphatic hydroxyl groups is 1. The highest BCUT2D eigenvalue weighted by molar-refractivity contribution is 7.91. The molecule has 0 radical (unpaired) electrons. The standard InChI is InChI=1S/C15H12ClF3O3S/c16-12-3-1-2-10(8-12)11-4-5-14(23(21,22)7-6-20)13(9-11)15(17,18)19/h1-5,8-9,20H,6-7H2. The van der Waals surface area contributed by atoms with Gasteiger partial charge in [-0.3, -0.25) is 0 Å². The van der Waals surface area contributed by atoms with Crippen molar-refractivity contribution < 1.29 is 26.7 Å². The highest BCUT2D eigenvalue weighted by atomic mass is 35.5. The van der Waals surface area contributed by atoms with E-state index in [0.717, 1.165) is 12.1 Å². The van der Waals surface area contributed by atoms with Gasteiger partial charge < -0.3 is 5.11 Å². The van der Waals surface area contributed by atoms with Crippen molar-refractivity contribution in [2.75, 3.05) is 12.4 Å². The summed E-state index contributed by atoms with van der Waals surface area (Å²) in [5.74, 6) is -0.771. The molecule has 0 amide bonds. The van der Waals surface area contributed by atoms with Gasteiger partial charge in [-0.1, -0.05) is 29.8 Å². The first-order chi connectivity index (χ1) is 10.6. The topological polar surface area (TPSA) is 54.4 Å². The maximum atomic E-state index is 13.2. The van der Waals surface area contributed by atoms with Crippen LogP contribution in [-0.4, -0.2) is 25.9 Å². The predicted octanol–water partition coefficient (Wildman–Crippen LogP) is 3.79. The first-order valence-electron chi connectivity index (χ1n) is 6.46. The molecule has 3 nitrogen and oxygen atoms in total. The van der Waals surface area contributed by atoms with Gasteiger partial charge in [0.05, 0.1) is 22.8 Å². The van der Waals surface area contributed by atoms with E-state index in [4.69, 9.17) is 16.7 Å². The Morgan fingerprint density at radius 2 is 1.70 bits per heavy atom. The Labute approximate surface area is 136 Å². The van der Waals surface area contributed by atoms with Gasteiger partial charge in [0, 0.05) is 5.02 Å². The van der Waals surface area contributed by atoms with Crippen LogP contribution in [-0.2, 0) is 16.0 Å². The molecule has 0 bridgehead atoms. The average Bonchev–Trinajstić information content (AvgIpc) is 2.45. The maximum Gasteiger partial charge on any atom is 0.417 e. The van der Waals surface area contributed by atoms with E-state index in [0.29, 0.717) is 10.6 Å². The zero-order valence-electron chi connectivity index (χ0n) is 11.6. The molecule has 23 heavy (non-hydrogen) atoms. The number of benzene rings is 2. The van der Waals surface area contributed by atoms with Crippen molar-refractivity contribution >= 4 is 21.4 Å². The number of aliphatic hydroxyl groups excluding tert-OH is 1. The van der Waals surface area contributed by atoms with Gasteiger partial charge in [-0.2, -0.15) is 13.2 Å². The van der Waals surface area contributed by atoms with E-state index in [1.165, 1.54) is 12.1 Å². The van der Waals surface area contributed by atoms with Gasteiger partial charge in [-0.25, -0.2) is 8.42 Å². The summed E-state index contributed by atoms with van der Waals surface area (Å²) < 4.78 is 63.6. The zero-order valence-corrected chi connectivity index (χ0v) is 13.2. The van der Waals surface area contributed by atoms with Crippen LogP contribution in [0, 0.1) is 0 Å². The van der Waals surface area contributed by atoms with Crippen molar-refractivity contribution in [3.05, 3.63) is 53.1 Å². The summed E-state index contributed by atoms with van der Waals surface area (Å²) in [5.41, 5.74) is -0.625. The number of hydrogen-bond acceptors (Lipinski definition) is 3. The first-order valence-corrected chi connectivity index (χ1v) is 8.49. The van der Waals surface area contributed by atoms with Gasteiger partial charge in [-0.05, 0) is 35.4 Å². The molecule has 0 fully saturated rings. The summed E-state index contributed by atoms with van der Waals surface area (Å²) in [5, 5.41) is 9.10. The van der Waals surface area contributed by atoms with Crippen LogP contribution in [0.1, 0.15) is 5.56 Å². The second-order valence-electron chi connectivity index (χ2n) is 4.76. The Balaban J connectivity index is 2.65. The summed E-state index contributed by atoms with van der Waals surface area (Å²) in [6.07, 6.45) is -4.84. The predicted molar refractivity (Wildman–Crippen MR) is 81.0 cm³/mol. The summed E-state index contributed by atoms with van der Waals surface area (Å²) >= 11 is 5.82. The Morgan fingerprint density at radius 1 is 1.04 bits per heavy atom. The summed E-state index contributed by atoms with van der Waals surface area (Å²) in [6.45, 7) is -0.754. The van der Waals surface area contributed by atoms with E-state index < -0.39 is 38.8 Å².